The van der Waals surface area contributed by atoms with E-state index in [2.05, 4.69) is 11.4 Å². The molecule has 1 saturated carbocycles. The number of benzene rings is 1. The average molecular weight is 424 g/mol. The van der Waals surface area contributed by atoms with E-state index in [9.17, 15) is 22.8 Å². The molecule has 2 bridgehead atoms. The van der Waals surface area contributed by atoms with Crippen LogP contribution in [0.3, 0.4) is 0 Å². The van der Waals surface area contributed by atoms with Crippen molar-refractivity contribution in [2.45, 2.75) is 19.0 Å². The van der Waals surface area contributed by atoms with Crippen molar-refractivity contribution in [2.75, 3.05) is 43.1 Å². The molecule has 1 aromatic rings. The summed E-state index contributed by atoms with van der Waals surface area (Å²) in [6.07, 6.45) is 1.22. The zero-order valence-electron chi connectivity index (χ0n) is 16.3. The first kappa shape index (κ1) is 20.7. The molecule has 0 spiro atoms. The molecule has 0 aromatic heterocycles. The first-order valence-corrected chi connectivity index (χ1v) is 10.00. The zero-order chi connectivity index (χ0) is 21.3. The van der Waals surface area contributed by atoms with Gasteiger partial charge in [-0.25, -0.2) is 0 Å². The second kappa shape index (κ2) is 8.29. The zero-order valence-corrected chi connectivity index (χ0v) is 16.3. The minimum Gasteiger partial charge on any atom is -0.455 e. The van der Waals surface area contributed by atoms with Gasteiger partial charge < -0.3 is 19.7 Å². The number of amides is 1. The highest BCUT2D eigenvalue weighted by atomic mass is 19.4. The Hall–Kier alpha value is -2.55. The third-order valence-corrected chi connectivity index (χ3v) is 5.88. The Balaban J connectivity index is 1.43. The summed E-state index contributed by atoms with van der Waals surface area (Å²) >= 11 is 0. The standard InChI is InChI=1S/C21H23F3N2O4/c22-21(23,24)15-3-4-18(26-5-7-29-8-6-26)17(11-15)25-19(27)12-30-20(28)16-10-13-1-2-14(16)9-13/h1-4,11,13-14,16H,5-10,12H2,(H,25,27)/t13-,14-,16+/m0/s1. The average Bonchev–Trinajstić information content (AvgIpc) is 3.36. The lowest BCUT2D eigenvalue weighted by Gasteiger charge is -2.31. The van der Waals surface area contributed by atoms with Crippen LogP contribution in [-0.4, -0.2) is 44.8 Å². The molecular weight excluding hydrogens is 401 g/mol. The number of halogens is 3. The van der Waals surface area contributed by atoms with Gasteiger partial charge in [0.1, 0.15) is 0 Å². The van der Waals surface area contributed by atoms with Crippen molar-refractivity contribution in [1.29, 1.82) is 0 Å². The third kappa shape index (κ3) is 4.45. The number of alkyl halides is 3. The molecule has 1 amide bonds. The van der Waals surface area contributed by atoms with Gasteiger partial charge in [-0.05, 0) is 42.9 Å². The van der Waals surface area contributed by atoms with E-state index in [0.29, 0.717) is 37.9 Å². The highest BCUT2D eigenvalue weighted by Crippen LogP contribution is 2.44. The van der Waals surface area contributed by atoms with Gasteiger partial charge >= 0.3 is 12.1 Å². The van der Waals surface area contributed by atoms with Crippen LogP contribution in [0.2, 0.25) is 0 Å². The van der Waals surface area contributed by atoms with Crippen molar-refractivity contribution >= 4 is 23.3 Å². The molecule has 1 N–H and O–H groups in total. The molecule has 1 saturated heterocycles. The lowest BCUT2D eigenvalue weighted by molar-refractivity contribution is -0.152. The number of anilines is 2. The summed E-state index contributed by atoms with van der Waals surface area (Å²) in [6, 6.07) is 3.24. The Morgan fingerprint density at radius 2 is 1.93 bits per heavy atom. The molecule has 1 aromatic carbocycles. The normalized spacial score (nSPS) is 25.4. The highest BCUT2D eigenvalue weighted by molar-refractivity contribution is 5.96. The van der Waals surface area contributed by atoms with E-state index in [1.807, 2.05) is 11.0 Å². The molecule has 162 valence electrons. The van der Waals surface area contributed by atoms with Crippen LogP contribution in [0.25, 0.3) is 0 Å². The summed E-state index contributed by atoms with van der Waals surface area (Å²) in [4.78, 5) is 26.5. The van der Waals surface area contributed by atoms with Crippen LogP contribution in [0, 0.1) is 17.8 Å². The van der Waals surface area contributed by atoms with Crippen molar-refractivity contribution < 1.29 is 32.2 Å². The summed E-state index contributed by atoms with van der Waals surface area (Å²) in [6.45, 7) is 1.37. The van der Waals surface area contributed by atoms with Gasteiger partial charge in [0.15, 0.2) is 6.61 Å². The molecule has 3 aliphatic rings. The van der Waals surface area contributed by atoms with E-state index in [1.54, 1.807) is 0 Å². The number of carbonyl (C=O) groups is 2. The molecule has 2 fully saturated rings. The van der Waals surface area contributed by atoms with Gasteiger partial charge in [-0.3, -0.25) is 9.59 Å². The van der Waals surface area contributed by atoms with Crippen LogP contribution in [0.5, 0.6) is 0 Å². The van der Waals surface area contributed by atoms with Crippen LogP contribution in [0.15, 0.2) is 30.4 Å². The maximum Gasteiger partial charge on any atom is 0.416 e. The first-order chi connectivity index (χ1) is 14.3. The Labute approximate surface area is 172 Å². The molecule has 0 radical (unpaired) electrons. The van der Waals surface area contributed by atoms with Gasteiger partial charge in [0.2, 0.25) is 0 Å². The van der Waals surface area contributed by atoms with Crippen LogP contribution in [0.1, 0.15) is 18.4 Å². The number of esters is 1. The number of morpholine rings is 1. The van der Waals surface area contributed by atoms with E-state index in [4.69, 9.17) is 9.47 Å². The molecule has 4 rings (SSSR count). The van der Waals surface area contributed by atoms with Gasteiger partial charge in [0.25, 0.3) is 5.91 Å². The van der Waals surface area contributed by atoms with E-state index in [0.717, 1.165) is 25.0 Å². The Kier molecular flexibility index (Phi) is 5.73. The second-order valence-corrected chi connectivity index (χ2v) is 7.87. The predicted octanol–water partition coefficient (Wildman–Crippen LogP) is 3.24. The fraction of sp³-hybridized carbons (Fsp3) is 0.524. The number of ether oxygens (including phenoxy) is 2. The van der Waals surface area contributed by atoms with Gasteiger partial charge in [0, 0.05) is 13.1 Å². The van der Waals surface area contributed by atoms with E-state index >= 15 is 0 Å². The van der Waals surface area contributed by atoms with Gasteiger partial charge in [0.05, 0.1) is 36.1 Å². The Morgan fingerprint density at radius 1 is 1.17 bits per heavy atom. The lowest BCUT2D eigenvalue weighted by atomic mass is 9.94. The minimum atomic E-state index is -4.54. The van der Waals surface area contributed by atoms with Crippen molar-refractivity contribution in [3.63, 3.8) is 0 Å². The number of fused-ring (bicyclic) bond motifs is 2. The summed E-state index contributed by atoms with van der Waals surface area (Å²) in [7, 11) is 0. The second-order valence-electron chi connectivity index (χ2n) is 7.87. The summed E-state index contributed by atoms with van der Waals surface area (Å²) in [5.74, 6) is -0.801. The Morgan fingerprint density at radius 3 is 2.57 bits per heavy atom. The number of allylic oxidation sites excluding steroid dienone is 2. The number of carbonyl (C=O) groups excluding carboxylic acids is 2. The van der Waals surface area contributed by atoms with Crippen molar-refractivity contribution in [1.82, 2.24) is 0 Å². The number of hydrogen-bond donors (Lipinski definition) is 1. The van der Waals surface area contributed by atoms with Crippen LogP contribution in [0.4, 0.5) is 24.5 Å². The maximum absolute atomic E-state index is 13.2. The molecular formula is C21H23F3N2O4. The molecule has 30 heavy (non-hydrogen) atoms. The largest absolute Gasteiger partial charge is 0.455 e. The minimum absolute atomic E-state index is 0.0376. The monoisotopic (exact) mass is 424 g/mol. The number of hydrogen-bond acceptors (Lipinski definition) is 5. The van der Waals surface area contributed by atoms with Crippen LogP contribution in [-0.2, 0) is 25.2 Å². The van der Waals surface area contributed by atoms with Crippen LogP contribution >= 0.6 is 0 Å². The number of nitrogens with zero attached hydrogens (tertiary/aromatic N) is 1. The quantitative estimate of drug-likeness (QED) is 0.581. The van der Waals surface area contributed by atoms with E-state index in [-0.39, 0.29) is 17.5 Å². The van der Waals surface area contributed by atoms with Crippen molar-refractivity contribution in [3.05, 3.63) is 35.9 Å². The smallest absolute Gasteiger partial charge is 0.416 e. The van der Waals surface area contributed by atoms with E-state index in [1.165, 1.54) is 6.07 Å². The molecule has 3 atom stereocenters. The fourth-order valence-electron chi connectivity index (χ4n) is 4.37. The van der Waals surface area contributed by atoms with Gasteiger partial charge in [-0.2, -0.15) is 13.2 Å². The highest BCUT2D eigenvalue weighted by Gasteiger charge is 2.41. The van der Waals surface area contributed by atoms with E-state index < -0.39 is 30.2 Å². The topological polar surface area (TPSA) is 67.9 Å². The summed E-state index contributed by atoms with van der Waals surface area (Å²) < 4.78 is 49.9. The summed E-state index contributed by atoms with van der Waals surface area (Å²) in [5.41, 5.74) is -0.347. The molecule has 6 nitrogen and oxygen atoms in total. The summed E-state index contributed by atoms with van der Waals surface area (Å²) in [5, 5.41) is 2.49. The maximum atomic E-state index is 13.2. The molecule has 0 unspecified atom stereocenters. The Bertz CT molecular complexity index is 849. The molecule has 1 aliphatic heterocycles. The first-order valence-electron chi connectivity index (χ1n) is 10.00. The number of nitrogens with one attached hydrogen (secondary N) is 1. The van der Waals surface area contributed by atoms with Crippen molar-refractivity contribution in [3.8, 4) is 0 Å². The lowest BCUT2D eigenvalue weighted by Crippen LogP contribution is -2.37. The third-order valence-electron chi connectivity index (χ3n) is 5.88. The fourth-order valence-corrected chi connectivity index (χ4v) is 4.37. The van der Waals surface area contributed by atoms with Gasteiger partial charge in [-0.1, -0.05) is 12.2 Å². The van der Waals surface area contributed by atoms with Crippen molar-refractivity contribution in [2.24, 2.45) is 17.8 Å². The molecule has 1 heterocycles. The molecule has 2 aliphatic carbocycles. The number of rotatable bonds is 5. The predicted molar refractivity (Wildman–Crippen MR) is 103 cm³/mol. The van der Waals surface area contributed by atoms with Crippen LogP contribution < -0.4 is 10.2 Å². The molecule has 9 heteroatoms. The van der Waals surface area contributed by atoms with Gasteiger partial charge in [-0.15, -0.1) is 0 Å². The SMILES string of the molecule is O=C(COC(=O)[C@@H]1C[C@H]2C=C[C@H]1C2)Nc1cc(C(F)(F)F)ccc1N1CCOCC1.